The molecule has 3 aromatic heterocycles. The summed E-state index contributed by atoms with van der Waals surface area (Å²) in [7, 11) is 0. The van der Waals surface area contributed by atoms with Crippen LogP contribution in [0, 0.1) is 0 Å². The van der Waals surface area contributed by atoms with Gasteiger partial charge in [-0.3, -0.25) is 9.78 Å². The van der Waals surface area contributed by atoms with E-state index in [1.165, 1.54) is 0 Å². The first-order valence-corrected chi connectivity index (χ1v) is 11.3. The minimum absolute atomic E-state index is 0.110. The molecule has 8 heteroatoms. The third-order valence-electron chi connectivity index (χ3n) is 6.00. The van der Waals surface area contributed by atoms with Crippen molar-refractivity contribution in [1.82, 2.24) is 19.6 Å². The molecule has 1 aliphatic rings. The molecule has 168 valence electrons. The van der Waals surface area contributed by atoms with Gasteiger partial charge in [0.1, 0.15) is 5.82 Å². The van der Waals surface area contributed by atoms with E-state index in [1.54, 1.807) is 12.4 Å². The van der Waals surface area contributed by atoms with Gasteiger partial charge < -0.3 is 16.4 Å². The number of amides is 1. The second-order valence-corrected chi connectivity index (χ2v) is 8.51. The molecule has 0 radical (unpaired) electrons. The lowest BCUT2D eigenvalue weighted by molar-refractivity contribution is -0.115. The minimum Gasteiger partial charge on any atom is -0.366 e. The number of nitrogens with zero attached hydrogens (tertiary/aromatic N) is 4. The Hall–Kier alpha value is -3.78. The summed E-state index contributed by atoms with van der Waals surface area (Å²) < 4.78 is 1.84. The van der Waals surface area contributed by atoms with Crippen molar-refractivity contribution in [2.24, 2.45) is 5.73 Å². The molecular formula is C25H27N7O. The van der Waals surface area contributed by atoms with Gasteiger partial charge in [0.2, 0.25) is 5.91 Å². The van der Waals surface area contributed by atoms with Crippen molar-refractivity contribution in [2.45, 2.75) is 44.2 Å². The Balaban J connectivity index is 1.34. The summed E-state index contributed by atoms with van der Waals surface area (Å²) >= 11 is 0. The molecule has 1 aromatic carbocycles. The van der Waals surface area contributed by atoms with Crippen molar-refractivity contribution in [3.63, 3.8) is 0 Å². The van der Waals surface area contributed by atoms with E-state index in [-0.39, 0.29) is 12.3 Å². The molecule has 8 nitrogen and oxygen atoms in total. The zero-order chi connectivity index (χ0) is 22.6. The van der Waals surface area contributed by atoms with Crippen molar-refractivity contribution in [2.75, 3.05) is 10.6 Å². The van der Waals surface area contributed by atoms with Crippen LogP contribution in [0.5, 0.6) is 0 Å². The topological polar surface area (TPSA) is 110 Å². The molecule has 4 aromatic rings. The van der Waals surface area contributed by atoms with Gasteiger partial charge in [0.05, 0.1) is 18.3 Å². The fraction of sp³-hybridized carbons (Fsp3) is 0.280. The quantitative estimate of drug-likeness (QED) is 0.421. The van der Waals surface area contributed by atoms with Crippen LogP contribution in [0.3, 0.4) is 0 Å². The number of carbonyl (C=O) groups is 1. The lowest BCUT2D eigenvalue weighted by atomic mass is 9.92. The Labute approximate surface area is 192 Å². The molecular weight excluding hydrogens is 414 g/mol. The van der Waals surface area contributed by atoms with Crippen molar-refractivity contribution in [1.29, 1.82) is 0 Å². The Bertz CT molecular complexity index is 1250. The third kappa shape index (κ3) is 5.01. The summed E-state index contributed by atoms with van der Waals surface area (Å²) in [5.74, 6) is 0.711. The maximum atomic E-state index is 12.4. The molecule has 4 N–H and O–H groups in total. The summed E-state index contributed by atoms with van der Waals surface area (Å²) in [5, 5.41) is 11.3. The van der Waals surface area contributed by atoms with Crippen molar-refractivity contribution in [3.05, 3.63) is 72.7 Å². The first-order valence-electron chi connectivity index (χ1n) is 11.3. The Morgan fingerprint density at radius 2 is 1.91 bits per heavy atom. The molecule has 5 rings (SSSR count). The Morgan fingerprint density at radius 1 is 1.03 bits per heavy atom. The van der Waals surface area contributed by atoms with E-state index >= 15 is 0 Å². The van der Waals surface area contributed by atoms with Crippen LogP contribution in [0.25, 0.3) is 16.9 Å². The molecule has 1 fully saturated rings. The highest BCUT2D eigenvalue weighted by Crippen LogP contribution is 2.25. The molecule has 1 aliphatic carbocycles. The van der Waals surface area contributed by atoms with E-state index < -0.39 is 0 Å². The van der Waals surface area contributed by atoms with Gasteiger partial charge in [-0.15, -0.1) is 5.10 Å². The van der Waals surface area contributed by atoms with Gasteiger partial charge in [0.25, 0.3) is 0 Å². The molecule has 0 unspecified atom stereocenters. The summed E-state index contributed by atoms with van der Waals surface area (Å²) in [6.45, 7) is 0. The number of rotatable bonds is 6. The molecule has 33 heavy (non-hydrogen) atoms. The number of benzene rings is 1. The van der Waals surface area contributed by atoms with Gasteiger partial charge in [-0.2, -0.15) is 0 Å². The normalized spacial score (nSPS) is 18.2. The molecule has 1 amide bonds. The zero-order valence-electron chi connectivity index (χ0n) is 18.3. The van der Waals surface area contributed by atoms with E-state index in [0.717, 1.165) is 59.8 Å². The smallest absolute Gasteiger partial charge is 0.230 e. The Morgan fingerprint density at radius 3 is 2.73 bits per heavy atom. The van der Waals surface area contributed by atoms with Crippen LogP contribution in [0.2, 0.25) is 0 Å². The van der Waals surface area contributed by atoms with E-state index in [2.05, 4.69) is 20.6 Å². The fourth-order valence-corrected chi connectivity index (χ4v) is 4.25. The largest absolute Gasteiger partial charge is 0.366 e. The first kappa shape index (κ1) is 21.1. The standard InChI is InChI=1S/C25H27N7O/c26-18-7-9-19(10-8-18)29-23-11-12-24-28-16-22(32(24)31-23)17-4-3-6-21(14-17)30-25(33)15-20-5-1-2-13-27-20/h1-6,11-14,16,18-19H,7-10,15,26H2,(H,29,31)(H,30,33). The molecule has 0 saturated heterocycles. The van der Waals surface area contributed by atoms with Crippen molar-refractivity contribution >= 4 is 23.1 Å². The average molecular weight is 442 g/mol. The number of nitrogens with two attached hydrogens (primary N) is 1. The van der Waals surface area contributed by atoms with Crippen LogP contribution in [-0.2, 0) is 11.2 Å². The number of fused-ring (bicyclic) bond motifs is 1. The number of carbonyl (C=O) groups excluding carboxylic acids is 1. The molecule has 3 heterocycles. The van der Waals surface area contributed by atoms with Crippen LogP contribution in [-0.4, -0.2) is 37.6 Å². The monoisotopic (exact) mass is 441 g/mol. The molecule has 1 saturated carbocycles. The third-order valence-corrected chi connectivity index (χ3v) is 6.00. The van der Waals surface area contributed by atoms with E-state index in [9.17, 15) is 4.79 Å². The molecule has 0 aliphatic heterocycles. The summed E-state index contributed by atoms with van der Waals surface area (Å²) in [4.78, 5) is 21.2. The van der Waals surface area contributed by atoms with E-state index in [4.69, 9.17) is 10.8 Å². The second kappa shape index (κ2) is 9.38. The minimum atomic E-state index is -0.110. The predicted molar refractivity (Wildman–Crippen MR) is 129 cm³/mol. The van der Waals surface area contributed by atoms with Crippen LogP contribution < -0.4 is 16.4 Å². The van der Waals surface area contributed by atoms with Gasteiger partial charge in [-0.05, 0) is 62.1 Å². The number of pyridine rings is 1. The lowest BCUT2D eigenvalue weighted by Gasteiger charge is -2.27. The average Bonchev–Trinajstić information content (AvgIpc) is 3.25. The highest BCUT2D eigenvalue weighted by molar-refractivity contribution is 5.92. The van der Waals surface area contributed by atoms with Crippen LogP contribution in [0.15, 0.2) is 67.0 Å². The number of aromatic nitrogens is 4. The van der Waals surface area contributed by atoms with Gasteiger partial charge >= 0.3 is 0 Å². The lowest BCUT2D eigenvalue weighted by Crippen LogP contribution is -2.33. The molecule has 0 spiro atoms. The van der Waals surface area contributed by atoms with Gasteiger partial charge in [0, 0.05) is 35.2 Å². The van der Waals surface area contributed by atoms with Crippen molar-refractivity contribution < 1.29 is 4.79 Å². The number of imidazole rings is 1. The zero-order valence-corrected chi connectivity index (χ0v) is 18.3. The highest BCUT2D eigenvalue weighted by Gasteiger charge is 2.19. The maximum absolute atomic E-state index is 12.4. The summed E-state index contributed by atoms with van der Waals surface area (Å²) in [6, 6.07) is 17.9. The van der Waals surface area contributed by atoms with Crippen molar-refractivity contribution in [3.8, 4) is 11.3 Å². The number of nitrogens with one attached hydrogen (secondary N) is 2. The van der Waals surface area contributed by atoms with Gasteiger partial charge in [0.15, 0.2) is 5.65 Å². The molecule has 0 atom stereocenters. The second-order valence-electron chi connectivity index (χ2n) is 8.51. The van der Waals surface area contributed by atoms with E-state index in [1.807, 2.05) is 59.1 Å². The summed E-state index contributed by atoms with van der Waals surface area (Å²) in [5.41, 5.74) is 10.0. The fourth-order valence-electron chi connectivity index (χ4n) is 4.25. The van der Waals surface area contributed by atoms with Crippen LogP contribution in [0.1, 0.15) is 31.4 Å². The number of hydrogen-bond donors (Lipinski definition) is 3. The van der Waals surface area contributed by atoms with Gasteiger partial charge in [-0.25, -0.2) is 9.50 Å². The highest BCUT2D eigenvalue weighted by atomic mass is 16.1. The summed E-state index contributed by atoms with van der Waals surface area (Å²) in [6.07, 6.45) is 7.90. The first-order chi connectivity index (χ1) is 16.1. The number of hydrogen-bond acceptors (Lipinski definition) is 6. The van der Waals surface area contributed by atoms with Crippen LogP contribution in [0.4, 0.5) is 11.5 Å². The van der Waals surface area contributed by atoms with E-state index in [0.29, 0.717) is 12.1 Å². The van der Waals surface area contributed by atoms with Gasteiger partial charge in [-0.1, -0.05) is 18.2 Å². The van der Waals surface area contributed by atoms with Crippen LogP contribution >= 0.6 is 0 Å². The number of anilines is 2. The predicted octanol–water partition coefficient (Wildman–Crippen LogP) is 3.65. The Kier molecular flexibility index (Phi) is 5.99. The maximum Gasteiger partial charge on any atom is 0.230 e. The molecule has 0 bridgehead atoms. The SMILES string of the molecule is NC1CCC(Nc2ccc3ncc(-c4cccc(NC(=O)Cc5ccccn5)c4)n3n2)CC1.